The fraction of sp³-hybridized carbons (Fsp3) is 0.100. The predicted molar refractivity (Wildman–Crippen MR) is 92.3 cm³/mol. The maximum atomic E-state index is 12.0. The summed E-state index contributed by atoms with van der Waals surface area (Å²) in [5.74, 6) is 0.0301. The highest BCUT2D eigenvalue weighted by molar-refractivity contribution is 5.90. The molecule has 1 heterocycles. The molecule has 0 saturated carbocycles. The Morgan fingerprint density at radius 1 is 0.769 bits per heavy atom. The lowest BCUT2D eigenvalue weighted by molar-refractivity contribution is 0.0450. The van der Waals surface area contributed by atoms with E-state index in [4.69, 9.17) is 18.6 Å². The molecule has 0 bridgehead atoms. The van der Waals surface area contributed by atoms with Gasteiger partial charge in [0, 0.05) is 0 Å². The first-order valence-corrected chi connectivity index (χ1v) is 7.93. The minimum absolute atomic E-state index is 0.104. The summed E-state index contributed by atoms with van der Waals surface area (Å²) in [6.07, 6.45) is 1.39. The summed E-state index contributed by atoms with van der Waals surface area (Å²) in [4.78, 5) is 23.7. The Hall–Kier alpha value is -3.54. The Balaban J connectivity index is 1.45. The Bertz CT molecular complexity index is 838. The molecular weight excluding hydrogens is 336 g/mol. The number of esters is 2. The average Bonchev–Trinajstić information content (AvgIpc) is 3.21. The molecule has 0 atom stereocenters. The smallest absolute Gasteiger partial charge is 0.379 e. The molecule has 1 aromatic heterocycles. The molecule has 132 valence electrons. The lowest BCUT2D eigenvalue weighted by Gasteiger charge is -2.08. The number of furan rings is 1. The van der Waals surface area contributed by atoms with Gasteiger partial charge in [-0.2, -0.15) is 0 Å². The number of carbonyl (C=O) groups is 2. The molecule has 0 aliphatic carbocycles. The van der Waals surface area contributed by atoms with Gasteiger partial charge in [0.25, 0.3) is 0 Å². The van der Waals surface area contributed by atoms with Gasteiger partial charge in [-0.25, -0.2) is 9.59 Å². The number of benzene rings is 2. The van der Waals surface area contributed by atoms with E-state index in [-0.39, 0.29) is 19.0 Å². The van der Waals surface area contributed by atoms with Crippen LogP contribution in [-0.2, 0) is 4.74 Å². The largest absolute Gasteiger partial charge is 0.490 e. The molecular formula is C20H16O6. The maximum Gasteiger partial charge on any atom is 0.379 e. The molecule has 2 aromatic carbocycles. The molecule has 0 spiro atoms. The van der Waals surface area contributed by atoms with Gasteiger partial charge in [-0.3, -0.25) is 0 Å². The third kappa shape index (κ3) is 4.73. The van der Waals surface area contributed by atoms with Crippen molar-refractivity contribution < 1.29 is 28.2 Å². The molecule has 0 radical (unpaired) electrons. The van der Waals surface area contributed by atoms with Crippen LogP contribution in [0.3, 0.4) is 0 Å². The summed E-state index contributed by atoms with van der Waals surface area (Å²) in [6, 6.07) is 18.4. The Morgan fingerprint density at radius 3 is 2.23 bits per heavy atom. The van der Waals surface area contributed by atoms with Crippen LogP contribution in [0.5, 0.6) is 11.5 Å². The van der Waals surface area contributed by atoms with Crippen molar-refractivity contribution in [2.45, 2.75) is 0 Å². The van der Waals surface area contributed by atoms with Gasteiger partial charge in [-0.05, 0) is 48.5 Å². The van der Waals surface area contributed by atoms with Crippen molar-refractivity contribution in [1.29, 1.82) is 0 Å². The van der Waals surface area contributed by atoms with Crippen LogP contribution in [0.4, 0.5) is 0 Å². The van der Waals surface area contributed by atoms with E-state index in [0.717, 1.165) is 0 Å². The van der Waals surface area contributed by atoms with Crippen LogP contribution in [0.25, 0.3) is 0 Å². The Morgan fingerprint density at radius 2 is 1.54 bits per heavy atom. The summed E-state index contributed by atoms with van der Waals surface area (Å²) in [5.41, 5.74) is 0.350. The highest BCUT2D eigenvalue weighted by Gasteiger charge is 2.12. The minimum atomic E-state index is -0.608. The van der Waals surface area contributed by atoms with Crippen LogP contribution in [0.2, 0.25) is 0 Å². The van der Waals surface area contributed by atoms with Crippen molar-refractivity contribution in [2.75, 3.05) is 13.2 Å². The van der Waals surface area contributed by atoms with Crippen molar-refractivity contribution in [3.8, 4) is 11.5 Å². The molecule has 0 unspecified atom stereocenters. The molecule has 0 saturated heterocycles. The lowest BCUT2D eigenvalue weighted by Crippen LogP contribution is -2.12. The van der Waals surface area contributed by atoms with Crippen molar-refractivity contribution in [3.63, 3.8) is 0 Å². The standard InChI is InChI=1S/C20H16O6/c21-19(25-14-13-23-16-5-2-1-3-6-16)15-8-10-17(11-9-15)26-20(22)18-7-4-12-24-18/h1-12H,13-14H2. The number of carbonyl (C=O) groups excluding carboxylic acids is 2. The highest BCUT2D eigenvalue weighted by Crippen LogP contribution is 2.15. The molecule has 0 aliphatic heterocycles. The highest BCUT2D eigenvalue weighted by atomic mass is 16.6. The number of ether oxygens (including phenoxy) is 3. The molecule has 6 heteroatoms. The van der Waals surface area contributed by atoms with E-state index in [1.165, 1.54) is 36.6 Å². The zero-order valence-corrected chi connectivity index (χ0v) is 13.8. The Kier molecular flexibility index (Phi) is 5.67. The second kappa shape index (κ2) is 8.53. The summed E-state index contributed by atoms with van der Waals surface area (Å²) >= 11 is 0. The van der Waals surface area contributed by atoms with E-state index in [1.54, 1.807) is 6.07 Å². The summed E-state index contributed by atoms with van der Waals surface area (Å²) in [6.45, 7) is 0.386. The molecule has 0 N–H and O–H groups in total. The average molecular weight is 352 g/mol. The first-order chi connectivity index (χ1) is 12.7. The minimum Gasteiger partial charge on any atom is -0.490 e. The number of hydrogen-bond acceptors (Lipinski definition) is 6. The van der Waals surface area contributed by atoms with Gasteiger partial charge in [0.15, 0.2) is 0 Å². The van der Waals surface area contributed by atoms with Crippen molar-refractivity contribution in [3.05, 3.63) is 84.3 Å². The quantitative estimate of drug-likeness (QED) is 0.366. The zero-order chi connectivity index (χ0) is 18.2. The third-order valence-corrected chi connectivity index (χ3v) is 3.35. The summed E-state index contributed by atoms with van der Waals surface area (Å²) < 4.78 is 20.7. The Labute approximate surface area is 149 Å². The van der Waals surface area contributed by atoms with Crippen LogP contribution in [0.15, 0.2) is 77.4 Å². The van der Waals surface area contributed by atoms with Crippen LogP contribution in [0.1, 0.15) is 20.9 Å². The lowest BCUT2D eigenvalue weighted by atomic mass is 10.2. The van der Waals surface area contributed by atoms with Crippen LogP contribution >= 0.6 is 0 Å². The second-order valence-corrected chi connectivity index (χ2v) is 5.19. The molecule has 0 fully saturated rings. The molecule has 6 nitrogen and oxygen atoms in total. The fourth-order valence-electron chi connectivity index (χ4n) is 2.11. The van der Waals surface area contributed by atoms with Gasteiger partial charge in [-0.1, -0.05) is 18.2 Å². The second-order valence-electron chi connectivity index (χ2n) is 5.19. The topological polar surface area (TPSA) is 75.0 Å². The predicted octanol–water partition coefficient (Wildman–Crippen LogP) is 3.73. The van der Waals surface area contributed by atoms with Crippen LogP contribution in [0, 0.1) is 0 Å². The van der Waals surface area contributed by atoms with E-state index in [0.29, 0.717) is 17.1 Å². The first-order valence-electron chi connectivity index (χ1n) is 7.93. The maximum absolute atomic E-state index is 12.0. The van der Waals surface area contributed by atoms with Gasteiger partial charge in [-0.15, -0.1) is 0 Å². The molecule has 0 aliphatic rings. The molecule has 0 amide bonds. The SMILES string of the molecule is O=C(OCCOc1ccccc1)c1ccc(OC(=O)c2ccco2)cc1. The van der Waals surface area contributed by atoms with E-state index < -0.39 is 11.9 Å². The van der Waals surface area contributed by atoms with Gasteiger partial charge < -0.3 is 18.6 Å². The van der Waals surface area contributed by atoms with E-state index in [2.05, 4.69) is 0 Å². The van der Waals surface area contributed by atoms with Gasteiger partial charge >= 0.3 is 11.9 Å². The molecule has 3 aromatic rings. The monoisotopic (exact) mass is 352 g/mol. The van der Waals surface area contributed by atoms with Gasteiger partial charge in [0.1, 0.15) is 24.7 Å². The van der Waals surface area contributed by atoms with Gasteiger partial charge in [0.05, 0.1) is 11.8 Å². The van der Waals surface area contributed by atoms with Crippen molar-refractivity contribution in [2.24, 2.45) is 0 Å². The zero-order valence-electron chi connectivity index (χ0n) is 13.8. The van der Waals surface area contributed by atoms with Crippen LogP contribution < -0.4 is 9.47 Å². The van der Waals surface area contributed by atoms with Crippen LogP contribution in [-0.4, -0.2) is 25.2 Å². The van der Waals surface area contributed by atoms with E-state index in [9.17, 15) is 9.59 Å². The normalized spacial score (nSPS) is 10.2. The van der Waals surface area contributed by atoms with Gasteiger partial charge in [0.2, 0.25) is 5.76 Å². The van der Waals surface area contributed by atoms with Crippen molar-refractivity contribution in [1.82, 2.24) is 0 Å². The van der Waals surface area contributed by atoms with Crippen molar-refractivity contribution >= 4 is 11.9 Å². The fourth-order valence-corrected chi connectivity index (χ4v) is 2.11. The number of para-hydroxylation sites is 1. The van der Waals surface area contributed by atoms with E-state index in [1.807, 2.05) is 30.3 Å². The number of hydrogen-bond donors (Lipinski definition) is 0. The third-order valence-electron chi connectivity index (χ3n) is 3.35. The summed E-state index contributed by atoms with van der Waals surface area (Å²) in [7, 11) is 0. The summed E-state index contributed by atoms with van der Waals surface area (Å²) in [5, 5.41) is 0. The molecule has 26 heavy (non-hydrogen) atoms. The molecule has 3 rings (SSSR count). The number of rotatable bonds is 7. The first kappa shape index (κ1) is 17.3. The van der Waals surface area contributed by atoms with E-state index >= 15 is 0 Å².